The second-order valence-corrected chi connectivity index (χ2v) is 5.99. The van der Waals surface area contributed by atoms with Crippen molar-refractivity contribution < 1.29 is 28.0 Å². The Bertz CT molecular complexity index is 913. The van der Waals surface area contributed by atoms with Crippen LogP contribution in [0.2, 0.25) is 0 Å². The number of ether oxygens (including phenoxy) is 1. The van der Waals surface area contributed by atoms with Crippen LogP contribution >= 0.6 is 0 Å². The van der Waals surface area contributed by atoms with Crippen LogP contribution in [0.15, 0.2) is 36.4 Å². The van der Waals surface area contributed by atoms with E-state index in [-0.39, 0.29) is 11.3 Å². The standard InChI is InChI=1S/C18H17F2N3O5/c1-10(17(24)21-16-13(19)5-4-6-14(16)20)28-18(25)12-9-11(23(26)27)7-8-15(12)22(2)3/h4-10H,1-3H3,(H,21,24)/t10-/m1/s1. The van der Waals surface area contributed by atoms with Crippen molar-refractivity contribution in [1.82, 2.24) is 0 Å². The van der Waals surface area contributed by atoms with Gasteiger partial charge in [-0.05, 0) is 25.1 Å². The van der Waals surface area contributed by atoms with Gasteiger partial charge in [-0.25, -0.2) is 13.6 Å². The van der Waals surface area contributed by atoms with Crippen molar-refractivity contribution in [2.45, 2.75) is 13.0 Å². The maximum atomic E-state index is 13.6. The van der Waals surface area contributed by atoms with E-state index in [1.165, 1.54) is 19.1 Å². The Labute approximate surface area is 158 Å². The second kappa shape index (κ2) is 8.42. The minimum Gasteiger partial charge on any atom is -0.449 e. The summed E-state index contributed by atoms with van der Waals surface area (Å²) >= 11 is 0. The number of carbonyl (C=O) groups is 2. The monoisotopic (exact) mass is 393 g/mol. The molecule has 10 heteroatoms. The Balaban J connectivity index is 2.21. The molecular weight excluding hydrogens is 376 g/mol. The number of esters is 1. The van der Waals surface area contributed by atoms with Crippen molar-refractivity contribution in [2.24, 2.45) is 0 Å². The van der Waals surface area contributed by atoms with E-state index in [1.807, 2.05) is 5.32 Å². The Hall–Kier alpha value is -3.56. The van der Waals surface area contributed by atoms with Crippen molar-refractivity contribution in [1.29, 1.82) is 0 Å². The van der Waals surface area contributed by atoms with Crippen LogP contribution < -0.4 is 10.2 Å². The number of nitrogens with one attached hydrogen (secondary N) is 1. The van der Waals surface area contributed by atoms with Crippen LogP contribution in [0.25, 0.3) is 0 Å². The molecule has 0 aliphatic rings. The summed E-state index contributed by atoms with van der Waals surface area (Å²) in [4.78, 5) is 36.4. The highest BCUT2D eigenvalue weighted by Crippen LogP contribution is 2.25. The molecule has 0 spiro atoms. The number of hydrogen-bond donors (Lipinski definition) is 1. The van der Waals surface area contributed by atoms with Crippen molar-refractivity contribution in [2.75, 3.05) is 24.3 Å². The molecule has 1 N–H and O–H groups in total. The van der Waals surface area contributed by atoms with Gasteiger partial charge >= 0.3 is 5.97 Å². The number of nitrogens with zero attached hydrogens (tertiary/aromatic N) is 2. The predicted molar refractivity (Wildman–Crippen MR) is 97.3 cm³/mol. The number of nitro benzene ring substituents is 1. The maximum absolute atomic E-state index is 13.6. The number of amides is 1. The van der Waals surface area contributed by atoms with E-state index in [0.29, 0.717) is 5.69 Å². The first-order valence-corrected chi connectivity index (χ1v) is 8.03. The first kappa shape index (κ1) is 20.7. The summed E-state index contributed by atoms with van der Waals surface area (Å²) in [7, 11) is 3.24. The summed E-state index contributed by atoms with van der Waals surface area (Å²) < 4.78 is 32.3. The number of anilines is 2. The molecule has 28 heavy (non-hydrogen) atoms. The fraction of sp³-hybridized carbons (Fsp3) is 0.222. The lowest BCUT2D eigenvalue weighted by Gasteiger charge is -2.18. The molecule has 148 valence electrons. The second-order valence-electron chi connectivity index (χ2n) is 5.99. The third kappa shape index (κ3) is 4.58. The lowest BCUT2D eigenvalue weighted by molar-refractivity contribution is -0.384. The number of rotatable bonds is 6. The Morgan fingerprint density at radius 3 is 2.32 bits per heavy atom. The third-order valence-corrected chi connectivity index (χ3v) is 3.76. The van der Waals surface area contributed by atoms with Crippen LogP contribution in [0, 0.1) is 21.7 Å². The largest absolute Gasteiger partial charge is 0.449 e. The van der Waals surface area contributed by atoms with Gasteiger partial charge in [0.2, 0.25) is 0 Å². The Morgan fingerprint density at radius 1 is 1.18 bits per heavy atom. The normalized spacial score (nSPS) is 11.5. The number of nitro groups is 1. The van der Waals surface area contributed by atoms with Crippen LogP contribution in [0.1, 0.15) is 17.3 Å². The predicted octanol–water partition coefficient (Wildman–Crippen LogP) is 3.12. The average Bonchev–Trinajstić information content (AvgIpc) is 2.63. The van der Waals surface area contributed by atoms with Gasteiger partial charge in [0.15, 0.2) is 6.10 Å². The minimum atomic E-state index is -1.42. The first-order chi connectivity index (χ1) is 13.1. The lowest BCUT2D eigenvalue weighted by Crippen LogP contribution is -2.31. The highest BCUT2D eigenvalue weighted by atomic mass is 19.1. The van der Waals surface area contributed by atoms with Gasteiger partial charge in [-0.1, -0.05) is 6.07 Å². The van der Waals surface area contributed by atoms with Crippen LogP contribution in [0.5, 0.6) is 0 Å². The van der Waals surface area contributed by atoms with E-state index in [2.05, 4.69) is 0 Å². The SMILES string of the molecule is C[C@@H](OC(=O)c1cc([N+](=O)[O-])ccc1N(C)C)C(=O)Nc1c(F)cccc1F. The molecule has 0 heterocycles. The molecular formula is C18H17F2N3O5. The smallest absolute Gasteiger partial charge is 0.341 e. The van der Waals surface area contributed by atoms with Gasteiger partial charge in [0, 0.05) is 26.2 Å². The summed E-state index contributed by atoms with van der Waals surface area (Å²) in [5.74, 6) is -3.93. The van der Waals surface area contributed by atoms with E-state index >= 15 is 0 Å². The summed E-state index contributed by atoms with van der Waals surface area (Å²) in [5, 5.41) is 13.0. The summed E-state index contributed by atoms with van der Waals surface area (Å²) in [6, 6.07) is 6.68. The zero-order valence-electron chi connectivity index (χ0n) is 15.2. The third-order valence-electron chi connectivity index (χ3n) is 3.76. The molecule has 0 bridgehead atoms. The fourth-order valence-electron chi connectivity index (χ4n) is 2.31. The van der Waals surface area contributed by atoms with E-state index in [1.54, 1.807) is 19.0 Å². The van der Waals surface area contributed by atoms with E-state index in [0.717, 1.165) is 24.3 Å². The van der Waals surface area contributed by atoms with Gasteiger partial charge in [-0.3, -0.25) is 14.9 Å². The van der Waals surface area contributed by atoms with Crippen LogP contribution in [0.4, 0.5) is 25.8 Å². The number of para-hydroxylation sites is 1. The molecule has 0 saturated carbocycles. The highest BCUT2D eigenvalue weighted by molar-refractivity contribution is 6.00. The summed E-state index contributed by atoms with van der Waals surface area (Å²) in [6.45, 7) is 1.21. The van der Waals surface area contributed by atoms with Gasteiger partial charge in [0.05, 0.1) is 16.2 Å². The van der Waals surface area contributed by atoms with Crippen molar-refractivity contribution in [3.05, 3.63) is 63.7 Å². The van der Waals surface area contributed by atoms with Gasteiger partial charge in [-0.15, -0.1) is 0 Å². The van der Waals surface area contributed by atoms with Crippen molar-refractivity contribution in [3.63, 3.8) is 0 Å². The quantitative estimate of drug-likeness (QED) is 0.460. The molecule has 8 nitrogen and oxygen atoms in total. The number of benzene rings is 2. The average molecular weight is 393 g/mol. The molecule has 1 amide bonds. The highest BCUT2D eigenvalue weighted by Gasteiger charge is 2.25. The van der Waals surface area contributed by atoms with Gasteiger partial charge in [-0.2, -0.15) is 0 Å². The van der Waals surface area contributed by atoms with Crippen LogP contribution in [-0.2, 0) is 9.53 Å². The van der Waals surface area contributed by atoms with E-state index < -0.39 is 40.2 Å². The van der Waals surface area contributed by atoms with Gasteiger partial charge < -0.3 is 15.0 Å². The summed E-state index contributed by atoms with van der Waals surface area (Å²) in [5.41, 5.74) is -0.790. The number of non-ortho nitro benzene ring substituents is 1. The van der Waals surface area contributed by atoms with Crippen molar-refractivity contribution in [3.8, 4) is 0 Å². The molecule has 2 rings (SSSR count). The topological polar surface area (TPSA) is 102 Å². The van der Waals surface area contributed by atoms with Gasteiger partial charge in [0.1, 0.15) is 17.3 Å². The minimum absolute atomic E-state index is 0.129. The molecule has 2 aromatic rings. The number of halogens is 2. The molecule has 0 radical (unpaired) electrons. The van der Waals surface area contributed by atoms with E-state index in [9.17, 15) is 28.5 Å². The lowest BCUT2D eigenvalue weighted by atomic mass is 10.1. The van der Waals surface area contributed by atoms with E-state index in [4.69, 9.17) is 4.74 Å². The number of hydrogen-bond acceptors (Lipinski definition) is 6. The van der Waals surface area contributed by atoms with Crippen LogP contribution in [0.3, 0.4) is 0 Å². The van der Waals surface area contributed by atoms with Crippen molar-refractivity contribution >= 4 is 28.9 Å². The first-order valence-electron chi connectivity index (χ1n) is 8.03. The number of carbonyl (C=O) groups excluding carboxylic acids is 2. The van der Waals surface area contributed by atoms with Crippen LogP contribution in [-0.4, -0.2) is 37.0 Å². The maximum Gasteiger partial charge on any atom is 0.341 e. The molecule has 0 aromatic heterocycles. The molecule has 2 aromatic carbocycles. The Kier molecular flexibility index (Phi) is 6.24. The molecule has 1 atom stereocenters. The fourth-order valence-corrected chi connectivity index (χ4v) is 2.31. The Morgan fingerprint density at radius 2 is 1.79 bits per heavy atom. The zero-order chi connectivity index (χ0) is 21.0. The van der Waals surface area contributed by atoms with Gasteiger partial charge in [0.25, 0.3) is 11.6 Å². The molecule has 0 aliphatic carbocycles. The molecule has 0 saturated heterocycles. The molecule has 0 fully saturated rings. The summed E-state index contributed by atoms with van der Waals surface area (Å²) in [6.07, 6.45) is -1.42. The molecule has 0 aliphatic heterocycles. The molecule has 0 unspecified atom stereocenters. The zero-order valence-corrected chi connectivity index (χ0v) is 15.2.